The molecule has 1 aliphatic heterocycles. The van der Waals surface area contributed by atoms with Crippen LogP contribution in [0.3, 0.4) is 0 Å². The summed E-state index contributed by atoms with van der Waals surface area (Å²) in [6.45, 7) is 6.94. The fourth-order valence-electron chi connectivity index (χ4n) is 5.84. The molecule has 38 heavy (non-hydrogen) atoms. The van der Waals surface area contributed by atoms with Crippen LogP contribution >= 0.6 is 0 Å². The molecule has 1 atom stereocenters. The van der Waals surface area contributed by atoms with Gasteiger partial charge in [0, 0.05) is 69.2 Å². The Hall–Kier alpha value is -3.10. The second kappa shape index (κ2) is 12.6. The average molecular weight is 523 g/mol. The summed E-state index contributed by atoms with van der Waals surface area (Å²) in [6, 6.07) is 14.8. The number of hydrogen-bond donors (Lipinski definition) is 3. The first-order valence-electron chi connectivity index (χ1n) is 13.8. The molecule has 2 aromatic rings. The zero-order valence-electron chi connectivity index (χ0n) is 22.9. The molecule has 206 valence electrons. The highest BCUT2D eigenvalue weighted by atomic mass is 16.4. The fraction of sp³-hybridized carbons (Fsp3) is 0.533. The summed E-state index contributed by atoms with van der Waals surface area (Å²) in [5.41, 5.74) is 5.48. The number of nitrogens with zero attached hydrogens (tertiary/aromatic N) is 3. The first-order valence-corrected chi connectivity index (χ1v) is 13.8. The van der Waals surface area contributed by atoms with Crippen LogP contribution in [0.15, 0.2) is 42.5 Å². The molecule has 2 amide bonds. The number of rotatable bonds is 8. The summed E-state index contributed by atoms with van der Waals surface area (Å²) in [5, 5.41) is 22.1. The van der Waals surface area contributed by atoms with Crippen LogP contribution in [0, 0.1) is 12.8 Å². The molecule has 3 N–H and O–H groups in total. The number of nitrogens with one attached hydrogen (secondary N) is 1. The van der Waals surface area contributed by atoms with E-state index in [0.717, 1.165) is 67.8 Å². The maximum absolute atomic E-state index is 13.3. The summed E-state index contributed by atoms with van der Waals surface area (Å²) in [4.78, 5) is 30.3. The van der Waals surface area contributed by atoms with Crippen molar-refractivity contribution in [3.05, 3.63) is 59.2 Å². The maximum atomic E-state index is 13.3. The standard InChI is InChI=1S/C30H42N4O4/c1-21-17-28(12-9-25(21)20-33-14-15-34(30(37)38)22(2)19-33)32(3)29(36)24-7-10-26(11-8-24)31-27-6-4-5-23(18-27)13-16-35/h4-6,9,12,17-18,22,24,26,31,35H,7-8,10-11,13-16,19-20H2,1-3H3,(H,37,38)/t22-,24-,26-/m0/s1. The number of carbonyl (C=O) groups excluding carboxylic acids is 1. The molecular formula is C30H42N4O4. The van der Waals surface area contributed by atoms with E-state index in [1.807, 2.05) is 32.2 Å². The number of amides is 2. The number of anilines is 2. The summed E-state index contributed by atoms with van der Waals surface area (Å²) in [6.07, 6.45) is 3.47. The van der Waals surface area contributed by atoms with Gasteiger partial charge in [0.05, 0.1) is 0 Å². The van der Waals surface area contributed by atoms with Gasteiger partial charge in [0.15, 0.2) is 0 Å². The molecular weight excluding hydrogens is 480 g/mol. The summed E-state index contributed by atoms with van der Waals surface area (Å²) in [7, 11) is 1.88. The molecule has 4 rings (SSSR count). The lowest BCUT2D eigenvalue weighted by Crippen LogP contribution is -2.53. The Morgan fingerprint density at radius 3 is 2.50 bits per heavy atom. The molecule has 1 saturated carbocycles. The van der Waals surface area contributed by atoms with Gasteiger partial charge >= 0.3 is 6.09 Å². The topological polar surface area (TPSA) is 96.4 Å². The van der Waals surface area contributed by atoms with Crippen LogP contribution in [0.4, 0.5) is 16.2 Å². The van der Waals surface area contributed by atoms with Crippen molar-refractivity contribution in [3.63, 3.8) is 0 Å². The van der Waals surface area contributed by atoms with Crippen LogP contribution in [0.2, 0.25) is 0 Å². The fourth-order valence-corrected chi connectivity index (χ4v) is 5.84. The van der Waals surface area contributed by atoms with Gasteiger partial charge in [-0.05, 0) is 86.9 Å². The lowest BCUT2D eigenvalue weighted by molar-refractivity contribution is -0.123. The number of hydrogen-bond acceptors (Lipinski definition) is 5. The highest BCUT2D eigenvalue weighted by molar-refractivity contribution is 5.94. The first kappa shape index (κ1) is 27.9. The Bertz CT molecular complexity index is 1120. The van der Waals surface area contributed by atoms with E-state index in [1.165, 1.54) is 10.5 Å². The van der Waals surface area contributed by atoms with Crippen LogP contribution in [-0.4, -0.2) is 77.4 Å². The van der Waals surface area contributed by atoms with E-state index in [1.54, 1.807) is 4.90 Å². The zero-order valence-corrected chi connectivity index (χ0v) is 22.9. The van der Waals surface area contributed by atoms with Crippen molar-refractivity contribution in [2.45, 2.75) is 64.6 Å². The van der Waals surface area contributed by atoms with Gasteiger partial charge in [-0.1, -0.05) is 18.2 Å². The second-order valence-electron chi connectivity index (χ2n) is 10.9. The number of piperazine rings is 1. The van der Waals surface area contributed by atoms with Crippen molar-refractivity contribution in [2.24, 2.45) is 5.92 Å². The van der Waals surface area contributed by atoms with E-state index >= 15 is 0 Å². The Kier molecular flexibility index (Phi) is 9.28. The monoisotopic (exact) mass is 522 g/mol. The van der Waals surface area contributed by atoms with E-state index in [9.17, 15) is 19.8 Å². The van der Waals surface area contributed by atoms with Crippen molar-refractivity contribution in [1.29, 1.82) is 0 Å². The van der Waals surface area contributed by atoms with Crippen LogP contribution in [0.25, 0.3) is 0 Å². The van der Waals surface area contributed by atoms with E-state index < -0.39 is 6.09 Å². The van der Waals surface area contributed by atoms with Gasteiger partial charge < -0.3 is 25.3 Å². The Morgan fingerprint density at radius 2 is 1.84 bits per heavy atom. The number of aliphatic hydroxyl groups excluding tert-OH is 1. The van der Waals surface area contributed by atoms with Crippen molar-refractivity contribution in [1.82, 2.24) is 9.80 Å². The average Bonchev–Trinajstić information content (AvgIpc) is 2.90. The molecule has 2 aromatic carbocycles. The molecule has 0 radical (unpaired) electrons. The van der Waals surface area contributed by atoms with E-state index in [4.69, 9.17) is 0 Å². The first-order chi connectivity index (χ1) is 18.2. The summed E-state index contributed by atoms with van der Waals surface area (Å²) in [5.74, 6) is 0.213. The largest absolute Gasteiger partial charge is 0.465 e. The minimum atomic E-state index is -0.848. The lowest BCUT2D eigenvalue weighted by atomic mass is 9.85. The second-order valence-corrected chi connectivity index (χ2v) is 10.9. The van der Waals surface area contributed by atoms with Crippen molar-refractivity contribution >= 4 is 23.4 Å². The van der Waals surface area contributed by atoms with Gasteiger partial charge in [0.25, 0.3) is 0 Å². The number of aliphatic hydroxyl groups is 1. The third kappa shape index (κ3) is 6.85. The zero-order chi connectivity index (χ0) is 27.2. The summed E-state index contributed by atoms with van der Waals surface area (Å²) >= 11 is 0. The predicted octanol–water partition coefficient (Wildman–Crippen LogP) is 4.35. The van der Waals surface area contributed by atoms with E-state index in [-0.39, 0.29) is 24.5 Å². The van der Waals surface area contributed by atoms with Gasteiger partial charge in [0.1, 0.15) is 0 Å². The SMILES string of the molecule is Cc1cc(N(C)C(=O)[C@H]2CC[C@H](Nc3cccc(CCO)c3)CC2)ccc1CN1CCN(C(=O)O)[C@@H](C)C1. The number of carboxylic acid groups (broad SMARTS) is 1. The minimum Gasteiger partial charge on any atom is -0.465 e. The highest BCUT2D eigenvalue weighted by Gasteiger charge is 2.30. The summed E-state index contributed by atoms with van der Waals surface area (Å²) < 4.78 is 0. The Balaban J connectivity index is 1.29. The molecule has 0 unspecified atom stereocenters. The Labute approximate surface area is 226 Å². The molecule has 2 fully saturated rings. The van der Waals surface area contributed by atoms with Crippen molar-refractivity contribution < 1.29 is 19.8 Å². The van der Waals surface area contributed by atoms with Crippen LogP contribution in [0.1, 0.15) is 49.3 Å². The van der Waals surface area contributed by atoms with E-state index in [0.29, 0.717) is 19.0 Å². The molecule has 0 bridgehead atoms. The van der Waals surface area contributed by atoms with Crippen LogP contribution in [-0.2, 0) is 17.8 Å². The van der Waals surface area contributed by atoms with Gasteiger partial charge in [0.2, 0.25) is 5.91 Å². The number of benzene rings is 2. The number of aryl methyl sites for hydroxylation is 1. The molecule has 1 heterocycles. The molecule has 1 saturated heterocycles. The molecule has 0 aromatic heterocycles. The smallest absolute Gasteiger partial charge is 0.407 e. The molecule has 8 heteroatoms. The third-order valence-electron chi connectivity index (χ3n) is 8.17. The van der Waals surface area contributed by atoms with E-state index in [2.05, 4.69) is 41.4 Å². The van der Waals surface area contributed by atoms with Crippen LogP contribution < -0.4 is 10.2 Å². The number of carbonyl (C=O) groups is 2. The minimum absolute atomic E-state index is 0.0219. The van der Waals surface area contributed by atoms with Crippen LogP contribution in [0.5, 0.6) is 0 Å². The van der Waals surface area contributed by atoms with Gasteiger partial charge in [-0.25, -0.2) is 4.79 Å². The third-order valence-corrected chi connectivity index (χ3v) is 8.17. The quantitative estimate of drug-likeness (QED) is 0.477. The normalized spacial score (nSPS) is 22.2. The molecule has 1 aliphatic carbocycles. The Morgan fingerprint density at radius 1 is 1.08 bits per heavy atom. The van der Waals surface area contributed by atoms with Crippen molar-refractivity contribution in [2.75, 3.05) is 43.5 Å². The van der Waals surface area contributed by atoms with Gasteiger partial charge in [-0.3, -0.25) is 9.69 Å². The molecule has 8 nitrogen and oxygen atoms in total. The van der Waals surface area contributed by atoms with Crippen molar-refractivity contribution in [3.8, 4) is 0 Å². The maximum Gasteiger partial charge on any atom is 0.407 e. The molecule has 2 aliphatic rings. The highest BCUT2D eigenvalue weighted by Crippen LogP contribution is 2.30. The van der Waals surface area contributed by atoms with Gasteiger partial charge in [-0.15, -0.1) is 0 Å². The lowest BCUT2D eigenvalue weighted by Gasteiger charge is -2.38. The predicted molar refractivity (Wildman–Crippen MR) is 151 cm³/mol. The molecule has 0 spiro atoms. The van der Waals surface area contributed by atoms with Gasteiger partial charge in [-0.2, -0.15) is 0 Å².